The van der Waals surface area contributed by atoms with Gasteiger partial charge in [0.15, 0.2) is 0 Å². The zero-order valence-electron chi connectivity index (χ0n) is 18.0. The molecule has 1 heterocycles. The van der Waals surface area contributed by atoms with Gasteiger partial charge in [0.2, 0.25) is 5.91 Å². The quantitative estimate of drug-likeness (QED) is 0.397. The number of fused-ring (bicyclic) bond motifs is 2. The molecule has 0 saturated heterocycles. The number of nitrogens with one attached hydrogen (secondary N) is 1. The van der Waals surface area contributed by atoms with E-state index in [4.69, 9.17) is 11.6 Å². The van der Waals surface area contributed by atoms with Crippen molar-refractivity contribution < 1.29 is 9.59 Å². The van der Waals surface area contributed by atoms with Crippen molar-refractivity contribution in [1.82, 2.24) is 4.90 Å². The molecule has 4 aromatic carbocycles. The zero-order valence-corrected chi connectivity index (χ0v) is 18.8. The van der Waals surface area contributed by atoms with Crippen molar-refractivity contribution in [3.8, 4) is 0 Å². The third kappa shape index (κ3) is 3.92. The molecule has 5 nitrogen and oxygen atoms in total. The van der Waals surface area contributed by atoms with Crippen LogP contribution in [0.15, 0.2) is 91.0 Å². The summed E-state index contributed by atoms with van der Waals surface area (Å²) in [6, 6.07) is 27.9. The summed E-state index contributed by atoms with van der Waals surface area (Å²) in [7, 11) is 1.73. The van der Waals surface area contributed by atoms with Crippen LogP contribution >= 0.6 is 11.6 Å². The minimum atomic E-state index is -0.483. The molecule has 0 aliphatic carbocycles. The van der Waals surface area contributed by atoms with Gasteiger partial charge in [-0.05, 0) is 35.2 Å². The molecule has 4 aromatic rings. The summed E-state index contributed by atoms with van der Waals surface area (Å²) in [5.41, 5.74) is 3.13. The van der Waals surface area contributed by atoms with Crippen molar-refractivity contribution in [1.29, 1.82) is 0 Å². The second kappa shape index (κ2) is 8.60. The number of amides is 3. The average Bonchev–Trinajstić information content (AvgIpc) is 2.94. The van der Waals surface area contributed by atoms with Crippen molar-refractivity contribution in [2.75, 3.05) is 23.8 Å². The van der Waals surface area contributed by atoms with Crippen LogP contribution in [0.3, 0.4) is 0 Å². The van der Waals surface area contributed by atoms with Crippen LogP contribution in [-0.4, -0.2) is 30.4 Å². The third-order valence-corrected chi connectivity index (χ3v) is 6.28. The second-order valence-corrected chi connectivity index (χ2v) is 8.49. The number of benzene rings is 4. The monoisotopic (exact) mass is 455 g/mol. The van der Waals surface area contributed by atoms with Gasteiger partial charge in [-0.15, -0.1) is 0 Å². The molecule has 1 aliphatic heterocycles. The Morgan fingerprint density at radius 3 is 2.48 bits per heavy atom. The summed E-state index contributed by atoms with van der Waals surface area (Å²) in [4.78, 5) is 30.0. The van der Waals surface area contributed by atoms with Gasteiger partial charge >= 0.3 is 6.03 Å². The summed E-state index contributed by atoms with van der Waals surface area (Å²) in [6.07, 6.45) is 0. The topological polar surface area (TPSA) is 52.7 Å². The highest BCUT2D eigenvalue weighted by Gasteiger charge is 2.36. The van der Waals surface area contributed by atoms with E-state index in [-0.39, 0.29) is 18.5 Å². The van der Waals surface area contributed by atoms with Crippen molar-refractivity contribution in [3.05, 3.63) is 107 Å². The maximum absolute atomic E-state index is 13.7. The number of carbonyl (C=O) groups excluding carboxylic acids is 2. The molecule has 6 heteroatoms. The highest BCUT2D eigenvalue weighted by atomic mass is 35.5. The first-order valence-electron chi connectivity index (χ1n) is 10.7. The fourth-order valence-corrected chi connectivity index (χ4v) is 4.58. The number of carbonyl (C=O) groups is 2. The number of hydrogen-bond donors (Lipinski definition) is 1. The van der Waals surface area contributed by atoms with E-state index in [0.29, 0.717) is 10.7 Å². The van der Waals surface area contributed by atoms with Gasteiger partial charge in [-0.3, -0.25) is 4.79 Å². The van der Waals surface area contributed by atoms with Crippen molar-refractivity contribution >= 4 is 45.7 Å². The number of anilines is 2. The second-order valence-electron chi connectivity index (χ2n) is 8.05. The van der Waals surface area contributed by atoms with E-state index in [1.54, 1.807) is 22.9 Å². The van der Waals surface area contributed by atoms with Crippen molar-refractivity contribution in [2.24, 2.45) is 0 Å². The molecule has 1 N–H and O–H groups in total. The number of hydrogen-bond acceptors (Lipinski definition) is 2. The number of halogens is 1. The normalized spacial score (nSPS) is 15.8. The molecule has 5 rings (SSSR count). The van der Waals surface area contributed by atoms with Crippen LogP contribution in [-0.2, 0) is 4.79 Å². The number of rotatable bonds is 2. The van der Waals surface area contributed by atoms with Gasteiger partial charge in [0, 0.05) is 28.7 Å². The Balaban J connectivity index is 1.62. The Hall–Kier alpha value is -3.83. The van der Waals surface area contributed by atoms with E-state index >= 15 is 0 Å². The molecule has 0 saturated carbocycles. The van der Waals surface area contributed by atoms with Gasteiger partial charge in [0.25, 0.3) is 0 Å². The molecule has 1 atom stereocenters. The number of urea groups is 1. The van der Waals surface area contributed by atoms with E-state index in [9.17, 15) is 9.59 Å². The maximum Gasteiger partial charge on any atom is 0.323 e. The summed E-state index contributed by atoms with van der Waals surface area (Å²) < 4.78 is 0. The summed E-state index contributed by atoms with van der Waals surface area (Å²) in [5, 5.41) is 5.56. The molecule has 1 aliphatic rings. The van der Waals surface area contributed by atoms with Gasteiger partial charge in [0.1, 0.15) is 6.54 Å². The van der Waals surface area contributed by atoms with E-state index in [2.05, 4.69) is 5.32 Å². The lowest BCUT2D eigenvalue weighted by Crippen LogP contribution is -2.43. The van der Waals surface area contributed by atoms with Gasteiger partial charge in [-0.1, -0.05) is 78.3 Å². The molecular weight excluding hydrogens is 434 g/mol. The largest absolute Gasteiger partial charge is 0.323 e. The molecule has 0 radical (unpaired) electrons. The first-order chi connectivity index (χ1) is 16.0. The summed E-state index contributed by atoms with van der Waals surface area (Å²) in [5.74, 6) is -0.176. The number of likely N-dealkylation sites (N-methyl/N-ethyl adjacent to an activating group) is 1. The van der Waals surface area contributed by atoms with Crippen LogP contribution in [0.1, 0.15) is 17.2 Å². The predicted molar refractivity (Wildman–Crippen MR) is 133 cm³/mol. The minimum absolute atomic E-state index is 0.0705. The minimum Gasteiger partial charge on any atom is -0.314 e. The van der Waals surface area contributed by atoms with E-state index in [1.807, 2.05) is 84.9 Å². The van der Waals surface area contributed by atoms with Gasteiger partial charge in [-0.25, -0.2) is 4.79 Å². The van der Waals surface area contributed by atoms with Gasteiger partial charge in [0.05, 0.1) is 11.7 Å². The fourth-order valence-electron chi connectivity index (χ4n) is 4.40. The van der Waals surface area contributed by atoms with E-state index in [1.165, 1.54) is 0 Å². The Bertz CT molecular complexity index is 1350. The van der Waals surface area contributed by atoms with Gasteiger partial charge in [-0.2, -0.15) is 0 Å². The maximum atomic E-state index is 13.7. The molecule has 0 aromatic heterocycles. The van der Waals surface area contributed by atoms with Crippen molar-refractivity contribution in [3.63, 3.8) is 0 Å². The standard InChI is InChI=1S/C27H22ClN3O2/c1-30-24-15-14-20(28)16-22(24)26(19-9-3-2-4-10-19)31(17-25(30)32)27(33)29-23-13-7-11-18-8-5-6-12-21(18)23/h2-16,26H,17H2,1H3,(H,29,33). The first-order valence-corrected chi connectivity index (χ1v) is 11.1. The van der Waals surface area contributed by atoms with Crippen molar-refractivity contribution in [2.45, 2.75) is 6.04 Å². The smallest absolute Gasteiger partial charge is 0.314 e. The SMILES string of the molecule is CN1C(=O)CN(C(=O)Nc2cccc3ccccc23)C(c2ccccc2)c2cc(Cl)ccc21. The number of nitrogens with zero attached hydrogens (tertiary/aromatic N) is 2. The van der Waals surface area contributed by atoms with E-state index in [0.717, 1.165) is 27.6 Å². The summed E-state index contributed by atoms with van der Waals surface area (Å²) >= 11 is 6.37. The molecular formula is C27H22ClN3O2. The molecule has 164 valence electrons. The van der Waals surface area contributed by atoms with Crippen LogP contribution in [0.2, 0.25) is 5.02 Å². The lowest BCUT2D eigenvalue weighted by Gasteiger charge is -2.31. The van der Waals surface area contributed by atoms with Crippen LogP contribution in [0.5, 0.6) is 0 Å². The zero-order chi connectivity index (χ0) is 22.9. The molecule has 0 spiro atoms. The summed E-state index contributed by atoms with van der Waals surface area (Å²) in [6.45, 7) is -0.0705. The van der Waals surface area contributed by atoms with Gasteiger partial charge < -0.3 is 15.1 Å². The molecule has 33 heavy (non-hydrogen) atoms. The van der Waals surface area contributed by atoms with Crippen LogP contribution < -0.4 is 10.2 Å². The van der Waals surface area contributed by atoms with Crippen LogP contribution in [0.4, 0.5) is 16.2 Å². The molecule has 0 bridgehead atoms. The van der Waals surface area contributed by atoms with E-state index < -0.39 is 6.04 Å². The lowest BCUT2D eigenvalue weighted by molar-refractivity contribution is -0.118. The van der Waals surface area contributed by atoms with Crippen LogP contribution in [0, 0.1) is 0 Å². The fraction of sp³-hybridized carbons (Fsp3) is 0.111. The third-order valence-electron chi connectivity index (χ3n) is 6.04. The van der Waals surface area contributed by atoms with Crippen LogP contribution in [0.25, 0.3) is 10.8 Å². The lowest BCUT2D eigenvalue weighted by atomic mass is 9.96. The highest BCUT2D eigenvalue weighted by Crippen LogP contribution is 2.39. The average molecular weight is 456 g/mol. The Morgan fingerprint density at radius 2 is 1.67 bits per heavy atom. The highest BCUT2D eigenvalue weighted by molar-refractivity contribution is 6.30. The first kappa shape index (κ1) is 21.0. The molecule has 3 amide bonds. The predicted octanol–water partition coefficient (Wildman–Crippen LogP) is 6.09. The molecule has 0 fully saturated rings. The Kier molecular flexibility index (Phi) is 5.48. The Labute approximate surface area is 197 Å². The molecule has 1 unspecified atom stereocenters. The Morgan fingerprint density at radius 1 is 0.939 bits per heavy atom.